The summed E-state index contributed by atoms with van der Waals surface area (Å²) in [6.07, 6.45) is 7.12. The van der Waals surface area contributed by atoms with Crippen molar-refractivity contribution in [3.8, 4) is 5.69 Å². The fourth-order valence-corrected chi connectivity index (χ4v) is 3.49. The average molecular weight is 383 g/mol. The van der Waals surface area contributed by atoms with E-state index in [2.05, 4.69) is 25.6 Å². The summed E-state index contributed by atoms with van der Waals surface area (Å²) in [5.41, 5.74) is 4.98. The summed E-state index contributed by atoms with van der Waals surface area (Å²) >= 11 is 0. The van der Waals surface area contributed by atoms with E-state index in [0.717, 1.165) is 27.8 Å². The summed E-state index contributed by atoms with van der Waals surface area (Å²) in [6.45, 7) is 3.77. The van der Waals surface area contributed by atoms with Crippen LogP contribution in [0.1, 0.15) is 21.7 Å². The predicted octanol–water partition coefficient (Wildman–Crippen LogP) is 3.33. The Hall–Kier alpha value is -4.07. The molecular weight excluding hydrogens is 366 g/mol. The first kappa shape index (κ1) is 17.1. The van der Waals surface area contributed by atoms with Gasteiger partial charge in [0.2, 0.25) is 0 Å². The summed E-state index contributed by atoms with van der Waals surface area (Å²) in [6, 6.07) is 11.6. The summed E-state index contributed by atoms with van der Waals surface area (Å²) < 4.78 is 3.52. The van der Waals surface area contributed by atoms with Crippen molar-refractivity contribution in [1.82, 2.24) is 29.4 Å². The van der Waals surface area contributed by atoms with Crippen LogP contribution >= 0.6 is 0 Å². The number of carbonyl (C=O) groups is 1. The minimum absolute atomic E-state index is 0.265. The van der Waals surface area contributed by atoms with Gasteiger partial charge in [-0.05, 0) is 37.6 Å². The van der Waals surface area contributed by atoms with Crippen molar-refractivity contribution in [3.05, 3.63) is 78.1 Å². The van der Waals surface area contributed by atoms with Gasteiger partial charge in [0.25, 0.3) is 5.91 Å². The maximum atomic E-state index is 12.9. The summed E-state index contributed by atoms with van der Waals surface area (Å²) in [7, 11) is 0. The van der Waals surface area contributed by atoms with Gasteiger partial charge in [-0.25, -0.2) is 9.67 Å². The standard InChI is InChI=1S/C21H17N7O/c1-13-11-16(12-27-10-9-23-20(13)27)24-21(29)18-14(2)28(26-25-18)17-7-3-5-15-6-4-8-22-19(15)17/h3-12H,1-2H3,(H,24,29). The van der Waals surface area contributed by atoms with Crippen LogP contribution in [0.2, 0.25) is 0 Å². The van der Waals surface area contributed by atoms with Gasteiger partial charge >= 0.3 is 0 Å². The zero-order valence-electron chi connectivity index (χ0n) is 15.9. The number of rotatable bonds is 3. The zero-order chi connectivity index (χ0) is 20.0. The Kier molecular flexibility index (Phi) is 3.83. The molecule has 0 unspecified atom stereocenters. The molecule has 0 saturated carbocycles. The van der Waals surface area contributed by atoms with E-state index < -0.39 is 0 Å². The van der Waals surface area contributed by atoms with Crippen LogP contribution in [0, 0.1) is 13.8 Å². The molecule has 8 heteroatoms. The molecule has 29 heavy (non-hydrogen) atoms. The first-order chi connectivity index (χ1) is 14.1. The number of anilines is 1. The Morgan fingerprint density at radius 2 is 1.93 bits per heavy atom. The van der Waals surface area contributed by atoms with Crippen molar-refractivity contribution in [1.29, 1.82) is 0 Å². The number of pyridine rings is 2. The van der Waals surface area contributed by atoms with E-state index in [9.17, 15) is 4.79 Å². The smallest absolute Gasteiger partial charge is 0.278 e. The van der Waals surface area contributed by atoms with Gasteiger partial charge in [-0.1, -0.05) is 23.4 Å². The highest BCUT2D eigenvalue weighted by Crippen LogP contribution is 2.22. The fraction of sp³-hybridized carbons (Fsp3) is 0.0952. The van der Waals surface area contributed by atoms with Crippen LogP contribution in [0.15, 0.2) is 61.2 Å². The zero-order valence-corrected chi connectivity index (χ0v) is 15.9. The number of benzene rings is 1. The number of aryl methyl sites for hydroxylation is 1. The van der Waals surface area contributed by atoms with Gasteiger partial charge in [-0.2, -0.15) is 0 Å². The van der Waals surface area contributed by atoms with Crippen LogP contribution in [0.4, 0.5) is 5.69 Å². The highest BCUT2D eigenvalue weighted by molar-refractivity contribution is 6.03. The van der Waals surface area contributed by atoms with E-state index in [-0.39, 0.29) is 11.6 Å². The molecule has 0 fully saturated rings. The van der Waals surface area contributed by atoms with Crippen molar-refractivity contribution >= 4 is 28.1 Å². The van der Waals surface area contributed by atoms with Crippen LogP contribution in [0.3, 0.4) is 0 Å². The van der Waals surface area contributed by atoms with Crippen LogP contribution in [0.5, 0.6) is 0 Å². The highest BCUT2D eigenvalue weighted by atomic mass is 16.2. The first-order valence-corrected chi connectivity index (χ1v) is 9.13. The number of hydrogen-bond donors (Lipinski definition) is 1. The van der Waals surface area contributed by atoms with E-state index >= 15 is 0 Å². The molecular formula is C21H17N7O. The second-order valence-corrected chi connectivity index (χ2v) is 6.81. The van der Waals surface area contributed by atoms with E-state index in [1.807, 2.05) is 67.0 Å². The summed E-state index contributed by atoms with van der Waals surface area (Å²) in [5, 5.41) is 12.2. The lowest BCUT2D eigenvalue weighted by atomic mass is 10.2. The minimum atomic E-state index is -0.319. The fourth-order valence-electron chi connectivity index (χ4n) is 3.49. The van der Waals surface area contributed by atoms with Crippen molar-refractivity contribution < 1.29 is 4.79 Å². The number of aromatic nitrogens is 6. The number of imidazole rings is 1. The highest BCUT2D eigenvalue weighted by Gasteiger charge is 2.19. The molecule has 1 aromatic carbocycles. The van der Waals surface area contributed by atoms with Gasteiger partial charge in [0.1, 0.15) is 5.65 Å². The predicted molar refractivity (Wildman–Crippen MR) is 109 cm³/mol. The molecule has 142 valence electrons. The van der Waals surface area contributed by atoms with E-state index in [0.29, 0.717) is 11.4 Å². The van der Waals surface area contributed by atoms with Crippen LogP contribution in [-0.2, 0) is 0 Å². The first-order valence-electron chi connectivity index (χ1n) is 9.13. The third-order valence-electron chi connectivity index (χ3n) is 4.88. The van der Waals surface area contributed by atoms with Crippen molar-refractivity contribution in [2.75, 3.05) is 5.32 Å². The number of para-hydroxylation sites is 1. The molecule has 0 saturated heterocycles. The molecule has 0 aliphatic heterocycles. The third kappa shape index (κ3) is 2.82. The molecule has 0 aliphatic carbocycles. The van der Waals surface area contributed by atoms with Gasteiger partial charge in [-0.15, -0.1) is 5.10 Å². The van der Waals surface area contributed by atoms with E-state index in [4.69, 9.17) is 0 Å². The maximum absolute atomic E-state index is 12.9. The molecule has 0 bridgehead atoms. The molecule has 0 spiro atoms. The van der Waals surface area contributed by atoms with E-state index in [1.54, 1.807) is 17.1 Å². The van der Waals surface area contributed by atoms with Crippen molar-refractivity contribution in [2.45, 2.75) is 13.8 Å². The second kappa shape index (κ2) is 6.52. The van der Waals surface area contributed by atoms with Crippen LogP contribution in [0.25, 0.3) is 22.2 Å². The Morgan fingerprint density at radius 3 is 2.83 bits per heavy atom. The van der Waals surface area contributed by atoms with Crippen LogP contribution in [-0.4, -0.2) is 35.3 Å². The minimum Gasteiger partial charge on any atom is -0.319 e. The average Bonchev–Trinajstić information content (AvgIpc) is 3.34. The normalized spacial score (nSPS) is 11.2. The van der Waals surface area contributed by atoms with Gasteiger partial charge in [0.05, 0.1) is 22.6 Å². The number of amides is 1. The molecule has 0 atom stereocenters. The lowest BCUT2D eigenvalue weighted by Gasteiger charge is -2.08. The molecule has 0 radical (unpaired) electrons. The largest absolute Gasteiger partial charge is 0.319 e. The molecule has 4 aromatic heterocycles. The summed E-state index contributed by atoms with van der Waals surface area (Å²) in [4.78, 5) is 21.6. The molecule has 4 heterocycles. The number of hydrogen-bond acceptors (Lipinski definition) is 5. The molecule has 5 rings (SSSR count). The van der Waals surface area contributed by atoms with Gasteiger partial charge < -0.3 is 9.72 Å². The lowest BCUT2D eigenvalue weighted by Crippen LogP contribution is -2.15. The molecule has 1 amide bonds. The Balaban J connectivity index is 1.50. The molecule has 1 N–H and O–H groups in total. The Bertz CT molecular complexity index is 1380. The molecule has 5 aromatic rings. The number of fused-ring (bicyclic) bond motifs is 2. The summed E-state index contributed by atoms with van der Waals surface area (Å²) in [5.74, 6) is -0.319. The molecule has 0 aliphatic rings. The van der Waals surface area contributed by atoms with Gasteiger partial charge in [-0.3, -0.25) is 9.78 Å². The van der Waals surface area contributed by atoms with Crippen LogP contribution < -0.4 is 5.32 Å². The van der Waals surface area contributed by atoms with Crippen molar-refractivity contribution in [3.63, 3.8) is 0 Å². The monoisotopic (exact) mass is 383 g/mol. The SMILES string of the molecule is Cc1cc(NC(=O)c2nnn(-c3cccc4cccnc34)c2C)cn2ccnc12. The topological polar surface area (TPSA) is 90.0 Å². The van der Waals surface area contributed by atoms with Gasteiger partial charge in [0, 0.05) is 30.2 Å². The number of nitrogens with zero attached hydrogens (tertiary/aromatic N) is 6. The number of carbonyl (C=O) groups excluding carboxylic acids is 1. The Morgan fingerprint density at radius 1 is 1.07 bits per heavy atom. The third-order valence-corrected chi connectivity index (χ3v) is 4.88. The Labute approximate surface area is 165 Å². The van der Waals surface area contributed by atoms with Crippen molar-refractivity contribution in [2.24, 2.45) is 0 Å². The number of nitrogens with one attached hydrogen (secondary N) is 1. The quantitative estimate of drug-likeness (QED) is 0.516. The molecule has 8 nitrogen and oxygen atoms in total. The maximum Gasteiger partial charge on any atom is 0.278 e. The van der Waals surface area contributed by atoms with E-state index in [1.165, 1.54) is 0 Å². The van der Waals surface area contributed by atoms with Gasteiger partial charge in [0.15, 0.2) is 5.69 Å². The lowest BCUT2D eigenvalue weighted by molar-refractivity contribution is 0.102. The second-order valence-electron chi connectivity index (χ2n) is 6.81.